The van der Waals surface area contributed by atoms with Gasteiger partial charge in [-0.25, -0.2) is 0 Å². The molecule has 2 aromatic heterocycles. The molecule has 0 saturated heterocycles. The number of aromatic nitrogens is 3. The van der Waals surface area contributed by atoms with Crippen LogP contribution in [0.1, 0.15) is 18.5 Å². The molecule has 6 nitrogen and oxygen atoms in total. The van der Waals surface area contributed by atoms with E-state index in [-0.39, 0.29) is 17.7 Å². The van der Waals surface area contributed by atoms with E-state index in [1.807, 2.05) is 77.0 Å². The minimum atomic E-state index is -0.176. The molecule has 3 heterocycles. The monoisotopic (exact) mass is 462 g/mol. The molecule has 4 aromatic rings. The summed E-state index contributed by atoms with van der Waals surface area (Å²) in [6.45, 7) is 3.23. The van der Waals surface area contributed by atoms with Crippen LogP contribution in [0.3, 0.4) is 0 Å². The first-order valence-electron chi connectivity index (χ1n) is 10.4. The SMILES string of the molecule is CCn1c(SCC(=O)N2c3ccccc3OC[C@H]2c2ccccc2)nnc1-c1cccs1. The highest BCUT2D eigenvalue weighted by Gasteiger charge is 2.33. The highest BCUT2D eigenvalue weighted by atomic mass is 32.2. The molecule has 0 radical (unpaired) electrons. The van der Waals surface area contributed by atoms with Crippen molar-refractivity contribution in [3.8, 4) is 16.5 Å². The summed E-state index contributed by atoms with van der Waals surface area (Å²) in [4.78, 5) is 16.5. The summed E-state index contributed by atoms with van der Waals surface area (Å²) in [5, 5.41) is 11.5. The predicted molar refractivity (Wildman–Crippen MR) is 128 cm³/mol. The van der Waals surface area contributed by atoms with Gasteiger partial charge >= 0.3 is 0 Å². The number of thiophene rings is 1. The van der Waals surface area contributed by atoms with Crippen LogP contribution >= 0.6 is 23.1 Å². The molecule has 32 heavy (non-hydrogen) atoms. The molecule has 0 fully saturated rings. The molecule has 0 N–H and O–H groups in total. The second-order valence-electron chi connectivity index (χ2n) is 7.29. The molecule has 0 spiro atoms. The van der Waals surface area contributed by atoms with Crippen LogP contribution in [0.15, 0.2) is 77.3 Å². The van der Waals surface area contributed by atoms with Crippen molar-refractivity contribution in [1.82, 2.24) is 14.8 Å². The normalized spacial score (nSPS) is 15.3. The number of amides is 1. The average Bonchev–Trinajstić information content (AvgIpc) is 3.52. The first kappa shape index (κ1) is 20.8. The van der Waals surface area contributed by atoms with Crippen LogP contribution in [0.2, 0.25) is 0 Å². The minimum Gasteiger partial charge on any atom is -0.489 e. The number of hydrogen-bond donors (Lipinski definition) is 0. The number of hydrogen-bond acceptors (Lipinski definition) is 6. The summed E-state index contributed by atoms with van der Waals surface area (Å²) in [5.41, 5.74) is 1.85. The first-order valence-corrected chi connectivity index (χ1v) is 12.3. The quantitative estimate of drug-likeness (QED) is 0.365. The van der Waals surface area contributed by atoms with Crippen LogP contribution in [-0.4, -0.2) is 33.0 Å². The topological polar surface area (TPSA) is 60.2 Å². The van der Waals surface area contributed by atoms with Gasteiger partial charge in [0.2, 0.25) is 5.91 Å². The molecule has 1 amide bonds. The molecule has 1 aliphatic heterocycles. The summed E-state index contributed by atoms with van der Waals surface area (Å²) in [6.07, 6.45) is 0. The Bertz CT molecular complexity index is 1210. The summed E-state index contributed by atoms with van der Waals surface area (Å²) in [7, 11) is 0. The van der Waals surface area contributed by atoms with Gasteiger partial charge in [0.25, 0.3) is 0 Å². The molecule has 1 aliphatic rings. The number of fused-ring (bicyclic) bond motifs is 1. The van der Waals surface area contributed by atoms with Gasteiger partial charge in [-0.1, -0.05) is 60.3 Å². The predicted octanol–water partition coefficient (Wildman–Crippen LogP) is 5.29. The van der Waals surface area contributed by atoms with Crippen molar-refractivity contribution in [1.29, 1.82) is 0 Å². The number of ether oxygens (including phenoxy) is 1. The van der Waals surface area contributed by atoms with Crippen molar-refractivity contribution in [3.63, 3.8) is 0 Å². The number of nitrogens with zero attached hydrogens (tertiary/aromatic N) is 4. The molecular formula is C24H22N4O2S2. The highest BCUT2D eigenvalue weighted by Crippen LogP contribution is 2.40. The Kier molecular flexibility index (Phi) is 5.96. The maximum absolute atomic E-state index is 13.5. The Balaban J connectivity index is 1.41. The van der Waals surface area contributed by atoms with E-state index in [4.69, 9.17) is 4.74 Å². The third-order valence-electron chi connectivity index (χ3n) is 5.39. The molecule has 0 unspecified atom stereocenters. The molecule has 5 rings (SSSR count). The van der Waals surface area contributed by atoms with Crippen molar-refractivity contribution < 1.29 is 9.53 Å². The van der Waals surface area contributed by atoms with E-state index in [1.54, 1.807) is 11.3 Å². The minimum absolute atomic E-state index is 0.0166. The van der Waals surface area contributed by atoms with Gasteiger partial charge in [-0.3, -0.25) is 9.69 Å². The van der Waals surface area contributed by atoms with Crippen LogP contribution in [0.25, 0.3) is 10.7 Å². The molecule has 2 aromatic carbocycles. The largest absolute Gasteiger partial charge is 0.489 e. The third kappa shape index (κ3) is 3.91. The van der Waals surface area contributed by atoms with Crippen molar-refractivity contribution in [3.05, 3.63) is 77.7 Å². The second kappa shape index (κ2) is 9.18. The maximum Gasteiger partial charge on any atom is 0.238 e. The van der Waals surface area contributed by atoms with Gasteiger partial charge in [-0.2, -0.15) is 0 Å². The lowest BCUT2D eigenvalue weighted by Gasteiger charge is -2.37. The van der Waals surface area contributed by atoms with E-state index in [2.05, 4.69) is 21.7 Å². The Morgan fingerprint density at radius 1 is 1.09 bits per heavy atom. The molecule has 0 bridgehead atoms. The number of rotatable bonds is 6. The zero-order valence-corrected chi connectivity index (χ0v) is 19.2. The summed E-state index contributed by atoms with van der Waals surface area (Å²) in [5.74, 6) is 1.86. The van der Waals surface area contributed by atoms with Crippen molar-refractivity contribution in [2.24, 2.45) is 0 Å². The number of thioether (sulfide) groups is 1. The van der Waals surface area contributed by atoms with Crippen molar-refractivity contribution in [2.45, 2.75) is 24.7 Å². The van der Waals surface area contributed by atoms with Crippen LogP contribution < -0.4 is 9.64 Å². The van der Waals surface area contributed by atoms with Gasteiger partial charge < -0.3 is 9.30 Å². The van der Waals surface area contributed by atoms with E-state index in [1.165, 1.54) is 11.8 Å². The fourth-order valence-corrected chi connectivity index (χ4v) is 5.46. The Hall–Kier alpha value is -3.10. The van der Waals surface area contributed by atoms with Crippen LogP contribution in [-0.2, 0) is 11.3 Å². The van der Waals surface area contributed by atoms with E-state index < -0.39 is 0 Å². The molecule has 162 valence electrons. The van der Waals surface area contributed by atoms with E-state index in [9.17, 15) is 4.79 Å². The van der Waals surface area contributed by atoms with Crippen LogP contribution in [0.4, 0.5) is 5.69 Å². The third-order valence-corrected chi connectivity index (χ3v) is 7.20. The molecule has 1 atom stereocenters. The fraction of sp³-hybridized carbons (Fsp3) is 0.208. The maximum atomic E-state index is 13.5. The van der Waals surface area contributed by atoms with Crippen LogP contribution in [0, 0.1) is 0 Å². The van der Waals surface area contributed by atoms with Crippen molar-refractivity contribution >= 4 is 34.7 Å². The first-order chi connectivity index (χ1) is 15.8. The standard InChI is InChI=1S/C24H22N4O2S2/c1-2-27-23(21-13-8-14-31-21)25-26-24(27)32-16-22(29)28-18-11-6-7-12-20(18)30-15-19(28)17-9-4-3-5-10-17/h3-14,19H,2,15-16H2,1H3/t19-/m0/s1. The number of para-hydroxylation sites is 2. The number of benzene rings is 2. The second-order valence-corrected chi connectivity index (χ2v) is 9.18. The highest BCUT2D eigenvalue weighted by molar-refractivity contribution is 7.99. The van der Waals surface area contributed by atoms with E-state index in [0.29, 0.717) is 6.61 Å². The van der Waals surface area contributed by atoms with E-state index >= 15 is 0 Å². The average molecular weight is 463 g/mol. The number of carbonyl (C=O) groups is 1. The lowest BCUT2D eigenvalue weighted by molar-refractivity contribution is -0.117. The Labute approximate surface area is 194 Å². The van der Waals surface area contributed by atoms with Crippen molar-refractivity contribution in [2.75, 3.05) is 17.3 Å². The fourth-order valence-electron chi connectivity index (χ4n) is 3.88. The number of anilines is 1. The van der Waals surface area contributed by atoms with E-state index in [0.717, 1.165) is 39.4 Å². The van der Waals surface area contributed by atoms with Gasteiger partial charge in [-0.05, 0) is 36.1 Å². The number of carbonyl (C=O) groups excluding carboxylic acids is 1. The molecule has 0 saturated carbocycles. The Morgan fingerprint density at radius 3 is 2.69 bits per heavy atom. The lowest BCUT2D eigenvalue weighted by atomic mass is 10.0. The lowest BCUT2D eigenvalue weighted by Crippen LogP contribution is -2.42. The zero-order chi connectivity index (χ0) is 21.9. The van der Waals surface area contributed by atoms with Gasteiger partial charge in [0, 0.05) is 6.54 Å². The van der Waals surface area contributed by atoms with Gasteiger partial charge in [0.05, 0.1) is 22.4 Å². The molecule has 8 heteroatoms. The molecular weight excluding hydrogens is 440 g/mol. The van der Waals surface area contributed by atoms with Gasteiger partial charge in [-0.15, -0.1) is 21.5 Å². The molecule has 0 aliphatic carbocycles. The summed E-state index contributed by atoms with van der Waals surface area (Å²) < 4.78 is 8.05. The summed E-state index contributed by atoms with van der Waals surface area (Å²) >= 11 is 3.06. The van der Waals surface area contributed by atoms with Gasteiger partial charge in [0.15, 0.2) is 11.0 Å². The summed E-state index contributed by atoms with van der Waals surface area (Å²) in [6, 6.07) is 21.6. The van der Waals surface area contributed by atoms with Gasteiger partial charge in [0.1, 0.15) is 12.4 Å². The van der Waals surface area contributed by atoms with Crippen LogP contribution in [0.5, 0.6) is 5.75 Å². The Morgan fingerprint density at radius 2 is 1.91 bits per heavy atom. The zero-order valence-electron chi connectivity index (χ0n) is 17.5. The smallest absolute Gasteiger partial charge is 0.238 e.